The summed E-state index contributed by atoms with van der Waals surface area (Å²) in [5.74, 6) is 1.41. The van der Waals surface area contributed by atoms with Crippen molar-refractivity contribution in [3.8, 4) is 28.7 Å². The fourth-order valence-corrected chi connectivity index (χ4v) is 4.78. The Morgan fingerprint density at radius 2 is 1.83 bits per heavy atom. The van der Waals surface area contributed by atoms with E-state index in [0.717, 1.165) is 37.1 Å². The molecule has 1 amide bonds. The van der Waals surface area contributed by atoms with E-state index in [0.29, 0.717) is 40.8 Å². The maximum absolute atomic E-state index is 13.0. The number of amides is 1. The van der Waals surface area contributed by atoms with Crippen LogP contribution in [0.1, 0.15) is 48.5 Å². The average Bonchev–Trinajstić information content (AvgIpc) is 3.35. The van der Waals surface area contributed by atoms with Crippen molar-refractivity contribution >= 4 is 17.5 Å². The van der Waals surface area contributed by atoms with Gasteiger partial charge in [-0.2, -0.15) is 10.4 Å². The van der Waals surface area contributed by atoms with E-state index in [9.17, 15) is 10.1 Å². The van der Waals surface area contributed by atoms with Gasteiger partial charge in [-0.15, -0.1) is 0 Å². The molecular formula is C30H32N8O3. The molecule has 1 fully saturated rings. The molecule has 0 aliphatic carbocycles. The van der Waals surface area contributed by atoms with Crippen molar-refractivity contribution in [3.05, 3.63) is 72.6 Å². The molecular weight excluding hydrogens is 520 g/mol. The Labute approximate surface area is 238 Å². The summed E-state index contributed by atoms with van der Waals surface area (Å²) in [6, 6.07) is 12.9. The molecule has 1 aliphatic heterocycles. The third kappa shape index (κ3) is 6.78. The van der Waals surface area contributed by atoms with Crippen LogP contribution in [0.2, 0.25) is 0 Å². The number of rotatable bonds is 9. The van der Waals surface area contributed by atoms with E-state index < -0.39 is 0 Å². The van der Waals surface area contributed by atoms with Crippen molar-refractivity contribution < 1.29 is 14.3 Å². The van der Waals surface area contributed by atoms with Crippen LogP contribution in [0.15, 0.2) is 61.4 Å². The van der Waals surface area contributed by atoms with Crippen molar-refractivity contribution in [1.29, 1.82) is 5.26 Å². The Bertz CT molecular complexity index is 1510. The minimum Gasteiger partial charge on any atom is -0.495 e. The van der Waals surface area contributed by atoms with Crippen LogP contribution >= 0.6 is 0 Å². The number of ether oxygens (including phenoxy) is 2. The van der Waals surface area contributed by atoms with E-state index >= 15 is 0 Å². The Hall–Kier alpha value is -4.98. The molecule has 1 N–H and O–H groups in total. The minimum atomic E-state index is -0.233. The summed E-state index contributed by atoms with van der Waals surface area (Å²) in [5, 5.41) is 16.9. The van der Waals surface area contributed by atoms with Crippen molar-refractivity contribution in [2.24, 2.45) is 0 Å². The van der Waals surface area contributed by atoms with Gasteiger partial charge in [0.2, 0.25) is 5.95 Å². The Morgan fingerprint density at radius 1 is 1.05 bits per heavy atom. The molecule has 0 saturated carbocycles. The topological polar surface area (TPSA) is 131 Å². The number of anilines is 2. The monoisotopic (exact) mass is 552 g/mol. The molecule has 0 bridgehead atoms. The van der Waals surface area contributed by atoms with Gasteiger partial charge >= 0.3 is 0 Å². The zero-order valence-corrected chi connectivity index (χ0v) is 23.2. The molecule has 1 unspecified atom stereocenters. The van der Waals surface area contributed by atoms with Crippen LogP contribution in [0.4, 0.5) is 11.6 Å². The lowest BCUT2D eigenvalue weighted by atomic mass is 10.1. The normalized spacial score (nSPS) is 14.0. The third-order valence-corrected chi connectivity index (χ3v) is 6.91. The summed E-state index contributed by atoms with van der Waals surface area (Å²) in [7, 11) is 1.57. The lowest BCUT2D eigenvalue weighted by molar-refractivity contribution is 0.0761. The summed E-state index contributed by atoms with van der Waals surface area (Å²) in [6.07, 6.45) is 10.7. The Morgan fingerprint density at radius 3 is 2.51 bits per heavy atom. The molecule has 11 heteroatoms. The SMILES string of the molecule is COc1cc(C(=O)N2CCCCCC2)ccc1Nc1ncc(-c2ccc(C#N)c(OC(C)Cn3cncn3)c2)cn1. The Kier molecular flexibility index (Phi) is 8.69. The van der Waals surface area contributed by atoms with Gasteiger partial charge in [-0.05, 0) is 55.7 Å². The number of likely N-dealkylation sites (tertiary alicyclic amines) is 1. The number of hydrogen-bond donors (Lipinski definition) is 1. The first-order valence-electron chi connectivity index (χ1n) is 13.6. The minimum absolute atomic E-state index is 0.0240. The molecule has 11 nitrogen and oxygen atoms in total. The molecule has 2 aromatic carbocycles. The summed E-state index contributed by atoms with van der Waals surface area (Å²) < 4.78 is 13.3. The molecule has 1 saturated heterocycles. The summed E-state index contributed by atoms with van der Waals surface area (Å²) >= 11 is 0. The largest absolute Gasteiger partial charge is 0.495 e. The summed E-state index contributed by atoms with van der Waals surface area (Å²) in [6.45, 7) is 3.98. The van der Waals surface area contributed by atoms with Crippen LogP contribution in [-0.2, 0) is 6.54 Å². The van der Waals surface area contributed by atoms with E-state index in [1.165, 1.54) is 19.2 Å². The number of carbonyl (C=O) groups is 1. The molecule has 2 aromatic heterocycles. The third-order valence-electron chi connectivity index (χ3n) is 6.91. The Balaban J connectivity index is 1.28. The van der Waals surface area contributed by atoms with Crippen molar-refractivity contribution in [2.75, 3.05) is 25.5 Å². The van der Waals surface area contributed by atoms with Gasteiger partial charge in [-0.3, -0.25) is 4.79 Å². The molecule has 1 aliphatic rings. The molecule has 3 heterocycles. The fourth-order valence-electron chi connectivity index (χ4n) is 4.78. The van der Waals surface area contributed by atoms with Crippen molar-refractivity contribution in [3.63, 3.8) is 0 Å². The van der Waals surface area contributed by atoms with E-state index in [1.54, 1.807) is 48.7 Å². The van der Waals surface area contributed by atoms with Crippen LogP contribution in [0.3, 0.4) is 0 Å². The second-order valence-electron chi connectivity index (χ2n) is 9.91. The lowest BCUT2D eigenvalue weighted by Gasteiger charge is -2.21. The van der Waals surface area contributed by atoms with Crippen molar-refractivity contribution in [2.45, 2.75) is 45.3 Å². The highest BCUT2D eigenvalue weighted by molar-refractivity contribution is 5.95. The number of nitriles is 1. The van der Waals surface area contributed by atoms with Crippen LogP contribution < -0.4 is 14.8 Å². The predicted molar refractivity (Wildman–Crippen MR) is 153 cm³/mol. The second kappa shape index (κ2) is 12.9. The highest BCUT2D eigenvalue weighted by Crippen LogP contribution is 2.30. The van der Waals surface area contributed by atoms with Gasteiger partial charge in [0.1, 0.15) is 36.3 Å². The summed E-state index contributed by atoms with van der Waals surface area (Å²) in [4.78, 5) is 27.9. The van der Waals surface area contributed by atoms with Gasteiger partial charge in [0.15, 0.2) is 0 Å². The number of aromatic nitrogens is 5. The smallest absolute Gasteiger partial charge is 0.253 e. The van der Waals surface area contributed by atoms with Crippen LogP contribution in [-0.4, -0.2) is 61.8 Å². The number of methoxy groups -OCH3 is 1. The standard InChI is InChI=1S/C30H32N8O3/c1-21(18-38-20-32-19-35-38)41-27-13-22(7-8-24(27)15-31)25-16-33-30(34-17-25)36-26-10-9-23(14-28(26)40-2)29(39)37-11-5-3-4-6-12-37/h7-10,13-14,16-17,19-21H,3-6,11-12,18H2,1-2H3,(H,33,34,36). The van der Waals surface area contributed by atoms with E-state index in [4.69, 9.17) is 9.47 Å². The first kappa shape index (κ1) is 27.6. The number of nitrogens with one attached hydrogen (secondary N) is 1. The lowest BCUT2D eigenvalue weighted by Crippen LogP contribution is -2.31. The van der Waals surface area contributed by atoms with Gasteiger partial charge in [0, 0.05) is 36.6 Å². The van der Waals surface area contributed by atoms with Gasteiger partial charge < -0.3 is 19.7 Å². The molecule has 0 radical (unpaired) electrons. The molecule has 5 rings (SSSR count). The number of nitrogens with zero attached hydrogens (tertiary/aromatic N) is 7. The van der Waals surface area contributed by atoms with Crippen LogP contribution in [0.25, 0.3) is 11.1 Å². The second-order valence-corrected chi connectivity index (χ2v) is 9.91. The van der Waals surface area contributed by atoms with E-state index in [-0.39, 0.29) is 12.0 Å². The number of carbonyl (C=O) groups excluding carboxylic acids is 1. The molecule has 210 valence electrons. The average molecular weight is 553 g/mol. The first-order valence-corrected chi connectivity index (χ1v) is 13.6. The first-order chi connectivity index (χ1) is 20.0. The van der Waals surface area contributed by atoms with Gasteiger partial charge in [-0.1, -0.05) is 18.9 Å². The van der Waals surface area contributed by atoms with Crippen LogP contribution in [0, 0.1) is 11.3 Å². The maximum Gasteiger partial charge on any atom is 0.253 e. The summed E-state index contributed by atoms with van der Waals surface area (Å²) in [5.41, 5.74) is 3.26. The van der Waals surface area contributed by atoms with E-state index in [2.05, 4.69) is 31.4 Å². The maximum atomic E-state index is 13.0. The zero-order chi connectivity index (χ0) is 28.6. The highest BCUT2D eigenvalue weighted by Gasteiger charge is 2.19. The zero-order valence-electron chi connectivity index (χ0n) is 23.2. The van der Waals surface area contributed by atoms with Crippen molar-refractivity contribution in [1.82, 2.24) is 29.6 Å². The van der Waals surface area contributed by atoms with Gasteiger partial charge in [-0.25, -0.2) is 19.6 Å². The predicted octanol–water partition coefficient (Wildman–Crippen LogP) is 4.84. The number of hydrogen-bond acceptors (Lipinski definition) is 9. The quantitative estimate of drug-likeness (QED) is 0.310. The van der Waals surface area contributed by atoms with Crippen LogP contribution in [0.5, 0.6) is 11.5 Å². The number of benzene rings is 2. The highest BCUT2D eigenvalue weighted by atomic mass is 16.5. The molecule has 0 spiro atoms. The van der Waals surface area contributed by atoms with Gasteiger partial charge in [0.25, 0.3) is 5.91 Å². The van der Waals surface area contributed by atoms with E-state index in [1.807, 2.05) is 30.0 Å². The molecule has 1 atom stereocenters. The van der Waals surface area contributed by atoms with Gasteiger partial charge in [0.05, 0.1) is 24.9 Å². The fraction of sp³-hybridized carbons (Fsp3) is 0.333. The molecule has 41 heavy (non-hydrogen) atoms. The molecule has 4 aromatic rings.